The van der Waals surface area contributed by atoms with Gasteiger partial charge in [0.15, 0.2) is 5.41 Å². The first kappa shape index (κ1) is 32.0. The van der Waals surface area contributed by atoms with Crippen LogP contribution in [0.1, 0.15) is 225 Å². The Morgan fingerprint density at radius 1 is 0.316 bits per heavy atom. The molecule has 0 aromatic heterocycles. The molecule has 1 fully saturated rings. The number of benzene rings is 8. The van der Waals surface area contributed by atoms with Gasteiger partial charge < -0.3 is 9.47 Å². The first-order valence-electron chi connectivity index (χ1n) is 29.6. The van der Waals surface area contributed by atoms with Crippen molar-refractivity contribution in [3.63, 3.8) is 0 Å². The van der Waals surface area contributed by atoms with Crippen LogP contribution in [0.15, 0.2) is 0 Å². The molecule has 5 heteroatoms. The molecule has 0 N–H and O–H groups in total. The smallest absolute Gasteiger partial charge is 0.326 e. The summed E-state index contributed by atoms with van der Waals surface area (Å²) in [6, 6.07) is 0. The minimum Gasteiger partial charge on any atom is -0.465 e. The van der Waals surface area contributed by atoms with E-state index in [1.54, 1.807) is 200 Å². The Morgan fingerprint density at radius 2 is 0.526 bits per heavy atom. The Bertz CT molecular complexity index is 4800. The van der Waals surface area contributed by atoms with Crippen LogP contribution in [0, 0.1) is 5.41 Å². The summed E-state index contributed by atoms with van der Waals surface area (Å²) in [7, 11) is 0. The van der Waals surface area contributed by atoms with Crippen LogP contribution in [-0.4, -0.2) is 30.5 Å². The number of hydrogen-bond acceptors (Lipinski definition) is 4. The molecule has 4 unspecified atom stereocenters. The largest absolute Gasteiger partial charge is 0.465 e. The summed E-state index contributed by atoms with van der Waals surface area (Å²) in [4.78, 5) is 34.1. The number of alkyl halides is 1. The van der Waals surface area contributed by atoms with E-state index in [1.807, 2.05) is 6.92 Å². The molecule has 0 heterocycles. The highest BCUT2D eigenvalue weighted by atomic mass is 79.9. The molecule has 4 nitrogen and oxygen atoms in total. The van der Waals surface area contributed by atoms with E-state index < -0.39 is 16.2 Å². The van der Waals surface area contributed by atoms with Gasteiger partial charge in [0.05, 0.1) is 24.0 Å². The Balaban J connectivity index is 0.945. The molecule has 25 aliphatic rings. The standard InChI is InChI=1S/C71H27BrO4/c1-2-75-67(73)71(68(74)76-8-6-4-3-5-7-72)69-63-55-47-37-27-19-11-9-10-13-17-15(11)23-31-25(17)35-29-21(13)22-14(10)18-16-12(9)20(19)28-34-24(16)32-26(18)36-30(22)40-39(29)49-43(35)53-45(31)51(41(47)33(23)27)59(63)61(53)65-57(49)58-50(40)44(36)54-46(32)52-42(34)48(38(28)37)56(55)64(69)60(52)62(54)66(58)70(65,69)71/h9-10,31-32,37-40,45-46H,2-8H2,1H3. The molecule has 1 saturated carbocycles. The zero-order chi connectivity index (χ0) is 46.5. The fourth-order valence-electron chi connectivity index (χ4n) is 29.4. The van der Waals surface area contributed by atoms with Crippen LogP contribution in [-0.2, 0) is 29.9 Å². The normalized spacial score (nSPS) is 35.1. The van der Waals surface area contributed by atoms with Crippen LogP contribution in [0.2, 0.25) is 0 Å². The van der Waals surface area contributed by atoms with Crippen molar-refractivity contribution in [1.29, 1.82) is 0 Å². The third-order valence-electron chi connectivity index (χ3n) is 28.9. The highest BCUT2D eigenvalue weighted by Gasteiger charge is 3.04. The molecule has 0 saturated heterocycles. The Hall–Kier alpha value is -6.82. The SMILES string of the molecule is CCOC(=O)C1(C(=O)OCCCCCCBr)C23c4c5c6c7c8c4-c4c9c%10c%11c%12c4C12c1c-%12c2c4c%12c1-c1c%13c%14c(c-5c13)C1c3c5c%15c%16c(c3-%14)C(c3c-%16c%14c%16c(c3-4)C2C%11c2c-%16c3c4c(c2-%10)C(c2c-4c(c-5c(c2-7)C61)C%15C3%14)C89)C%13%12. The number of hydrogen-bond donors (Lipinski definition) is 0. The van der Waals surface area contributed by atoms with Crippen LogP contribution in [0.25, 0.3) is 134 Å². The lowest BCUT2D eigenvalue weighted by atomic mass is 9.63. The predicted molar refractivity (Wildman–Crippen MR) is 282 cm³/mol. The van der Waals surface area contributed by atoms with Crippen LogP contribution < -0.4 is 0 Å². The molecule has 33 rings (SSSR count). The van der Waals surface area contributed by atoms with Crippen LogP contribution in [0.5, 0.6) is 0 Å². The van der Waals surface area contributed by atoms with Crippen LogP contribution >= 0.6 is 15.9 Å². The number of unbranched alkanes of at least 4 members (excludes halogenated alkanes) is 3. The third-order valence-corrected chi connectivity index (χ3v) is 29.5. The second kappa shape index (κ2) is 7.68. The van der Waals surface area contributed by atoms with Gasteiger partial charge in [0, 0.05) is 64.5 Å². The lowest BCUT2D eigenvalue weighted by Crippen LogP contribution is -2.38. The minimum atomic E-state index is -1.59. The molecule has 4 atom stereocenters. The molecule has 0 bridgehead atoms. The van der Waals surface area contributed by atoms with Crippen molar-refractivity contribution in [2.24, 2.45) is 5.41 Å². The molecule has 0 radical (unpaired) electrons. The number of esters is 2. The maximum Gasteiger partial charge on any atom is 0.326 e. The average molecular weight is 1020 g/mol. The first-order valence-corrected chi connectivity index (χ1v) is 30.7. The van der Waals surface area contributed by atoms with Crippen molar-refractivity contribution < 1.29 is 19.1 Å². The van der Waals surface area contributed by atoms with Crippen molar-refractivity contribution >= 4 is 27.9 Å². The molecule has 76 heavy (non-hydrogen) atoms. The highest BCUT2D eigenvalue weighted by Crippen LogP contribution is 3.03. The van der Waals surface area contributed by atoms with Crippen LogP contribution in [0.4, 0.5) is 0 Å². The molecular formula is C71H27BrO4. The average Bonchev–Trinajstić information content (AvgIpc) is 1.48. The third kappa shape index (κ3) is 1.79. The minimum absolute atomic E-state index is 0.235. The van der Waals surface area contributed by atoms with E-state index >= 15 is 9.59 Å². The summed E-state index contributed by atoms with van der Waals surface area (Å²) in [6.45, 7) is 2.55. The molecule has 8 aromatic rings. The van der Waals surface area contributed by atoms with Gasteiger partial charge in [0.25, 0.3) is 0 Å². The van der Waals surface area contributed by atoms with Crippen molar-refractivity contribution in [1.82, 2.24) is 0 Å². The number of carbonyl (C=O) groups is 2. The van der Waals surface area contributed by atoms with Gasteiger partial charge in [-0.3, -0.25) is 9.59 Å². The number of carbonyl (C=O) groups excluding carboxylic acids is 2. The van der Waals surface area contributed by atoms with E-state index in [4.69, 9.17) is 9.47 Å². The zero-order valence-corrected chi connectivity index (χ0v) is 41.8. The molecule has 342 valence electrons. The monoisotopic (exact) mass is 1020 g/mol. The quantitative estimate of drug-likeness (QED) is 0.0626. The van der Waals surface area contributed by atoms with Crippen molar-refractivity contribution in [2.45, 2.75) is 103 Å². The number of rotatable bonds is 9. The first-order chi connectivity index (χ1) is 37.7. The Labute approximate surface area is 438 Å². The van der Waals surface area contributed by atoms with Gasteiger partial charge in [-0.05, 0) is 287 Å². The molecule has 25 aliphatic carbocycles. The van der Waals surface area contributed by atoms with E-state index in [2.05, 4.69) is 15.9 Å². The van der Waals surface area contributed by atoms with Gasteiger partial charge >= 0.3 is 11.9 Å². The van der Waals surface area contributed by atoms with Crippen molar-refractivity contribution in [2.75, 3.05) is 18.5 Å². The summed E-state index contributed by atoms with van der Waals surface area (Å²) in [5, 5.41) is 0.983. The maximum absolute atomic E-state index is 17.1. The van der Waals surface area contributed by atoms with E-state index in [-0.39, 0.29) is 54.1 Å². The lowest BCUT2D eigenvalue weighted by molar-refractivity contribution is -0.166. The van der Waals surface area contributed by atoms with Gasteiger partial charge in [-0.1, -0.05) is 28.8 Å². The summed E-state index contributed by atoms with van der Waals surface area (Å²) >= 11 is 3.67. The van der Waals surface area contributed by atoms with Gasteiger partial charge in [-0.15, -0.1) is 0 Å². The molecule has 2 spiro atoms. The van der Waals surface area contributed by atoms with E-state index in [0.29, 0.717) is 30.3 Å². The molecule has 8 aromatic carbocycles. The maximum atomic E-state index is 17.1. The second-order valence-corrected chi connectivity index (χ2v) is 29.6. The van der Waals surface area contributed by atoms with E-state index in [0.717, 1.165) is 31.0 Å². The Kier molecular flexibility index (Phi) is 3.24. The summed E-state index contributed by atoms with van der Waals surface area (Å²) in [5.74, 6) is 2.32. The fraction of sp³-hybridized carbons (Fsp3) is 0.296. The zero-order valence-electron chi connectivity index (χ0n) is 40.2. The second-order valence-electron chi connectivity index (χ2n) is 28.8. The summed E-state index contributed by atoms with van der Waals surface area (Å²) < 4.78 is 13.8. The predicted octanol–water partition coefficient (Wildman–Crippen LogP) is 14.1. The molecular weight excluding hydrogens is 997 g/mol. The van der Waals surface area contributed by atoms with Crippen molar-refractivity contribution in [3.05, 3.63) is 134 Å². The van der Waals surface area contributed by atoms with E-state index in [9.17, 15) is 0 Å². The van der Waals surface area contributed by atoms with Gasteiger partial charge in [0.2, 0.25) is 0 Å². The molecule has 0 amide bonds. The van der Waals surface area contributed by atoms with Gasteiger partial charge in [-0.2, -0.15) is 0 Å². The van der Waals surface area contributed by atoms with Crippen LogP contribution in [0.3, 0.4) is 0 Å². The highest BCUT2D eigenvalue weighted by molar-refractivity contribution is 9.09. The number of halogens is 1. The molecule has 0 aliphatic heterocycles. The summed E-state index contributed by atoms with van der Waals surface area (Å²) in [5.41, 5.74) is 75.2. The van der Waals surface area contributed by atoms with E-state index in [1.165, 1.54) is 66.8 Å². The topological polar surface area (TPSA) is 52.6 Å². The fourth-order valence-corrected chi connectivity index (χ4v) is 29.7. The van der Waals surface area contributed by atoms with Gasteiger partial charge in [-0.25, -0.2) is 0 Å². The number of ether oxygens (including phenoxy) is 2. The Morgan fingerprint density at radius 3 is 0.750 bits per heavy atom. The summed E-state index contributed by atoms with van der Waals surface area (Å²) in [6.07, 6.45) is 4.00. The lowest BCUT2D eigenvalue weighted by Gasteiger charge is -2.38. The van der Waals surface area contributed by atoms with Gasteiger partial charge in [0.1, 0.15) is 0 Å². The van der Waals surface area contributed by atoms with Crippen molar-refractivity contribution in [3.8, 4) is 134 Å².